The standard InChI is InChI=1S/C6H11N.C6H14O3S/c1-3-5-7-6-4-2;1-2-3-4-5-6-10(7,8)9/h3-4,7H,1-2,5-6H2;2-6H2,1H3,(H,7,8,9). The summed E-state index contributed by atoms with van der Waals surface area (Å²) in [6.45, 7) is 10.9. The van der Waals surface area contributed by atoms with Crippen LogP contribution in [0.4, 0.5) is 0 Å². The molecule has 0 fully saturated rings. The Balaban J connectivity index is 0. The Bertz CT molecular complexity index is 265. The molecule has 0 unspecified atom stereocenters. The Morgan fingerprint density at radius 3 is 2.00 bits per heavy atom. The average Bonchev–Trinajstić information content (AvgIpc) is 2.25. The minimum Gasteiger partial charge on any atom is -0.310 e. The van der Waals surface area contributed by atoms with Crippen molar-refractivity contribution in [3.63, 3.8) is 0 Å². The second-order valence-electron chi connectivity index (χ2n) is 3.58. The third-order valence-corrected chi connectivity index (χ3v) is 2.64. The van der Waals surface area contributed by atoms with Gasteiger partial charge in [0.15, 0.2) is 0 Å². The van der Waals surface area contributed by atoms with E-state index < -0.39 is 10.1 Å². The summed E-state index contributed by atoms with van der Waals surface area (Å²) in [6, 6.07) is 0. The molecule has 5 heteroatoms. The van der Waals surface area contributed by atoms with Crippen LogP contribution >= 0.6 is 0 Å². The SMILES string of the molecule is C=CCNCC=C.CCCCCCS(=O)(=O)O. The van der Waals surface area contributed by atoms with Crippen LogP contribution in [0.2, 0.25) is 0 Å². The van der Waals surface area contributed by atoms with Gasteiger partial charge in [0.05, 0.1) is 5.75 Å². The summed E-state index contributed by atoms with van der Waals surface area (Å²) in [5, 5.41) is 3.05. The molecule has 0 radical (unpaired) electrons. The maximum absolute atomic E-state index is 10.1. The topological polar surface area (TPSA) is 66.4 Å². The Morgan fingerprint density at radius 1 is 1.12 bits per heavy atom. The van der Waals surface area contributed by atoms with Gasteiger partial charge in [0.25, 0.3) is 10.1 Å². The van der Waals surface area contributed by atoms with Crippen molar-refractivity contribution in [2.24, 2.45) is 0 Å². The molecule has 2 N–H and O–H groups in total. The third-order valence-electron chi connectivity index (χ3n) is 1.83. The molecule has 0 aromatic carbocycles. The molecule has 0 atom stereocenters. The van der Waals surface area contributed by atoms with Gasteiger partial charge in [-0.3, -0.25) is 4.55 Å². The van der Waals surface area contributed by atoms with Crippen LogP contribution in [0.25, 0.3) is 0 Å². The fourth-order valence-electron chi connectivity index (χ4n) is 0.999. The zero-order valence-corrected chi connectivity index (χ0v) is 11.5. The van der Waals surface area contributed by atoms with Crippen molar-refractivity contribution >= 4 is 10.1 Å². The number of nitrogens with one attached hydrogen (secondary N) is 1. The Morgan fingerprint density at radius 2 is 1.65 bits per heavy atom. The molecule has 0 rings (SSSR count). The molecule has 0 bridgehead atoms. The maximum atomic E-state index is 10.1. The molecule has 0 heterocycles. The summed E-state index contributed by atoms with van der Waals surface area (Å²) in [5.41, 5.74) is 0. The minimum absolute atomic E-state index is 0.0903. The smallest absolute Gasteiger partial charge is 0.264 e. The van der Waals surface area contributed by atoms with E-state index in [1.807, 2.05) is 19.1 Å². The molecule has 0 aromatic heterocycles. The third kappa shape index (κ3) is 25.5. The van der Waals surface area contributed by atoms with E-state index in [9.17, 15) is 8.42 Å². The molecule has 0 aliphatic heterocycles. The Hall–Kier alpha value is -0.650. The molecule has 0 spiro atoms. The van der Waals surface area contributed by atoms with E-state index in [1.54, 1.807) is 0 Å². The van der Waals surface area contributed by atoms with E-state index >= 15 is 0 Å². The van der Waals surface area contributed by atoms with E-state index in [0.717, 1.165) is 32.4 Å². The van der Waals surface area contributed by atoms with E-state index in [2.05, 4.69) is 18.5 Å². The molecule has 0 aliphatic rings. The molecule has 0 saturated heterocycles. The van der Waals surface area contributed by atoms with E-state index in [4.69, 9.17) is 4.55 Å². The number of hydrogen-bond donors (Lipinski definition) is 2. The second-order valence-corrected chi connectivity index (χ2v) is 5.15. The Labute approximate surface area is 106 Å². The van der Waals surface area contributed by atoms with Crippen LogP contribution in [-0.4, -0.2) is 31.8 Å². The van der Waals surface area contributed by atoms with Crippen molar-refractivity contribution in [1.29, 1.82) is 0 Å². The predicted molar refractivity (Wildman–Crippen MR) is 73.8 cm³/mol. The summed E-state index contributed by atoms with van der Waals surface area (Å²) in [7, 11) is -3.70. The summed E-state index contributed by atoms with van der Waals surface area (Å²) < 4.78 is 28.6. The van der Waals surface area contributed by atoms with Crippen LogP contribution < -0.4 is 5.32 Å². The van der Waals surface area contributed by atoms with Gasteiger partial charge in [0.1, 0.15) is 0 Å². The van der Waals surface area contributed by atoms with E-state index in [1.165, 1.54) is 0 Å². The molecule has 4 nitrogen and oxygen atoms in total. The first-order chi connectivity index (χ1) is 7.97. The monoisotopic (exact) mass is 263 g/mol. The zero-order chi connectivity index (χ0) is 13.6. The fourth-order valence-corrected chi connectivity index (χ4v) is 1.57. The van der Waals surface area contributed by atoms with E-state index in [-0.39, 0.29) is 5.75 Å². The number of rotatable bonds is 9. The van der Waals surface area contributed by atoms with E-state index in [0.29, 0.717) is 6.42 Å². The van der Waals surface area contributed by atoms with Crippen molar-refractivity contribution in [1.82, 2.24) is 5.32 Å². The summed E-state index contributed by atoms with van der Waals surface area (Å²) in [5.74, 6) is -0.0903. The first-order valence-electron chi connectivity index (χ1n) is 5.85. The first-order valence-corrected chi connectivity index (χ1v) is 7.46. The van der Waals surface area contributed by atoms with Gasteiger partial charge < -0.3 is 5.32 Å². The molecule has 0 saturated carbocycles. The molecule has 0 amide bonds. The maximum Gasteiger partial charge on any atom is 0.264 e. The van der Waals surface area contributed by atoms with Crippen LogP contribution in [0.1, 0.15) is 32.6 Å². The van der Waals surface area contributed by atoms with Gasteiger partial charge in [-0.1, -0.05) is 38.3 Å². The van der Waals surface area contributed by atoms with Crippen LogP contribution in [0.15, 0.2) is 25.3 Å². The normalized spacial score (nSPS) is 10.2. The summed E-state index contributed by atoms with van der Waals surface area (Å²) in [4.78, 5) is 0. The lowest BCUT2D eigenvalue weighted by molar-refractivity contribution is 0.479. The van der Waals surface area contributed by atoms with Gasteiger partial charge in [-0.2, -0.15) is 8.42 Å². The highest BCUT2D eigenvalue weighted by Crippen LogP contribution is 2.00. The quantitative estimate of drug-likeness (QED) is 0.381. The van der Waals surface area contributed by atoms with Gasteiger partial charge in [-0.15, -0.1) is 13.2 Å². The van der Waals surface area contributed by atoms with Gasteiger partial charge in [0.2, 0.25) is 0 Å². The van der Waals surface area contributed by atoms with Crippen LogP contribution in [0.3, 0.4) is 0 Å². The predicted octanol–water partition coefficient (Wildman–Crippen LogP) is 2.40. The van der Waals surface area contributed by atoms with Gasteiger partial charge >= 0.3 is 0 Å². The Kier molecular flexibility index (Phi) is 14.8. The van der Waals surface area contributed by atoms with Gasteiger partial charge in [0, 0.05) is 13.1 Å². The van der Waals surface area contributed by atoms with Crippen molar-refractivity contribution in [3.05, 3.63) is 25.3 Å². The van der Waals surface area contributed by atoms with Crippen molar-refractivity contribution in [3.8, 4) is 0 Å². The molecule has 0 aliphatic carbocycles. The van der Waals surface area contributed by atoms with Crippen LogP contribution in [0, 0.1) is 0 Å². The highest BCUT2D eigenvalue weighted by molar-refractivity contribution is 7.85. The minimum atomic E-state index is -3.70. The summed E-state index contributed by atoms with van der Waals surface area (Å²) in [6.07, 6.45) is 7.22. The second kappa shape index (κ2) is 13.4. The lowest BCUT2D eigenvalue weighted by Crippen LogP contribution is -2.11. The van der Waals surface area contributed by atoms with Crippen molar-refractivity contribution in [2.75, 3.05) is 18.8 Å². The van der Waals surface area contributed by atoms with Gasteiger partial charge in [-0.25, -0.2) is 0 Å². The van der Waals surface area contributed by atoms with Crippen molar-refractivity contribution < 1.29 is 13.0 Å². The molecule has 17 heavy (non-hydrogen) atoms. The molecular formula is C12H25NO3S. The average molecular weight is 263 g/mol. The largest absolute Gasteiger partial charge is 0.310 e. The lowest BCUT2D eigenvalue weighted by atomic mass is 10.2. The fraction of sp³-hybridized carbons (Fsp3) is 0.667. The van der Waals surface area contributed by atoms with Gasteiger partial charge in [-0.05, 0) is 6.42 Å². The van der Waals surface area contributed by atoms with Crippen LogP contribution in [0.5, 0.6) is 0 Å². The summed E-state index contributed by atoms with van der Waals surface area (Å²) >= 11 is 0. The highest BCUT2D eigenvalue weighted by Gasteiger charge is 2.01. The molecule has 102 valence electrons. The zero-order valence-electron chi connectivity index (χ0n) is 10.7. The highest BCUT2D eigenvalue weighted by atomic mass is 32.2. The van der Waals surface area contributed by atoms with Crippen molar-refractivity contribution in [2.45, 2.75) is 32.6 Å². The molecular weight excluding hydrogens is 238 g/mol. The van der Waals surface area contributed by atoms with Crippen LogP contribution in [-0.2, 0) is 10.1 Å². The molecule has 0 aromatic rings. The first kappa shape index (κ1) is 18.7. The lowest BCUT2D eigenvalue weighted by Gasteiger charge is -1.95. The number of unbranched alkanes of at least 4 members (excludes halogenated alkanes) is 3. The number of hydrogen-bond acceptors (Lipinski definition) is 3.